The summed E-state index contributed by atoms with van der Waals surface area (Å²) < 4.78 is 10.7. The number of nitrogens with two attached hydrogens (primary N) is 2. The number of anilines is 1. The predicted molar refractivity (Wildman–Crippen MR) is 93.5 cm³/mol. The molecule has 2 aromatic carbocycles. The highest BCUT2D eigenvalue weighted by Crippen LogP contribution is 2.32. The first kappa shape index (κ1) is 15.5. The molecule has 7 heteroatoms. The summed E-state index contributed by atoms with van der Waals surface area (Å²) in [7, 11) is 0. The molecule has 0 radical (unpaired) electrons. The molecule has 0 spiro atoms. The van der Waals surface area contributed by atoms with Crippen molar-refractivity contribution in [2.24, 2.45) is 16.8 Å². The molecule has 0 amide bonds. The molecule has 0 saturated carbocycles. The number of aryl methyl sites for hydroxylation is 1. The number of rotatable bonds is 4. The zero-order valence-electron chi connectivity index (χ0n) is 12.5. The van der Waals surface area contributed by atoms with Crippen molar-refractivity contribution in [3.8, 4) is 11.5 Å². The molecule has 2 aromatic rings. The van der Waals surface area contributed by atoms with Gasteiger partial charge in [0.25, 0.3) is 0 Å². The Bertz CT molecular complexity index is 694. The van der Waals surface area contributed by atoms with Gasteiger partial charge in [0.15, 0.2) is 11.5 Å². The number of hydrogen-bond acceptors (Lipinski definition) is 6. The van der Waals surface area contributed by atoms with E-state index < -0.39 is 0 Å². The number of amidine groups is 1. The molecule has 1 aliphatic rings. The summed E-state index contributed by atoms with van der Waals surface area (Å²) in [5, 5.41) is 5.85. The Balaban J connectivity index is 1.56. The minimum atomic E-state index is 0.288. The second kappa shape index (κ2) is 7.26. The summed E-state index contributed by atoms with van der Waals surface area (Å²) >= 11 is 1.51. The van der Waals surface area contributed by atoms with Crippen LogP contribution in [0.2, 0.25) is 0 Å². The Labute approximate surface area is 139 Å². The molecular formula is C16H18N4O2S. The Morgan fingerprint density at radius 2 is 1.91 bits per heavy atom. The van der Waals surface area contributed by atoms with Gasteiger partial charge in [0, 0.05) is 5.75 Å². The van der Waals surface area contributed by atoms with Crippen LogP contribution in [0.15, 0.2) is 53.6 Å². The highest BCUT2D eigenvalue weighted by atomic mass is 32.2. The van der Waals surface area contributed by atoms with Crippen molar-refractivity contribution < 1.29 is 9.47 Å². The molecule has 23 heavy (non-hydrogen) atoms. The molecule has 4 N–H and O–H groups in total. The van der Waals surface area contributed by atoms with Gasteiger partial charge >= 0.3 is 0 Å². The minimum Gasteiger partial charge on any atom is -0.454 e. The van der Waals surface area contributed by atoms with E-state index in [1.54, 1.807) is 0 Å². The number of benzene rings is 2. The quantitative estimate of drug-likeness (QED) is 0.387. The lowest BCUT2D eigenvalue weighted by atomic mass is 10.1. The molecule has 120 valence electrons. The average molecular weight is 330 g/mol. The van der Waals surface area contributed by atoms with E-state index in [1.165, 1.54) is 22.3 Å². The molecule has 0 bridgehead atoms. The second-order valence-corrected chi connectivity index (χ2v) is 5.97. The summed E-state index contributed by atoms with van der Waals surface area (Å²) in [4.78, 5) is 0. The van der Waals surface area contributed by atoms with Crippen LogP contribution in [0.1, 0.15) is 5.56 Å². The smallest absolute Gasteiger partial charge is 0.231 e. The van der Waals surface area contributed by atoms with E-state index in [0.29, 0.717) is 5.17 Å². The van der Waals surface area contributed by atoms with Gasteiger partial charge in [-0.1, -0.05) is 36.0 Å². The molecule has 0 unspecified atom stereocenters. The molecule has 0 atom stereocenters. The third kappa shape index (κ3) is 3.69. The van der Waals surface area contributed by atoms with Gasteiger partial charge in [-0.25, -0.2) is 5.84 Å². The molecule has 0 saturated heterocycles. The van der Waals surface area contributed by atoms with Gasteiger partial charge in [0.05, 0.1) is 5.69 Å². The van der Waals surface area contributed by atoms with E-state index in [4.69, 9.17) is 21.2 Å². The number of hydrogen-bond donors (Lipinski definition) is 2. The number of para-hydroxylation sites is 1. The molecule has 1 aliphatic heterocycles. The minimum absolute atomic E-state index is 0.288. The highest BCUT2D eigenvalue weighted by Gasteiger charge is 2.14. The van der Waals surface area contributed by atoms with Crippen molar-refractivity contribution >= 4 is 22.6 Å². The second-order valence-electron chi connectivity index (χ2n) is 4.90. The van der Waals surface area contributed by atoms with Crippen LogP contribution in [-0.4, -0.2) is 17.7 Å². The predicted octanol–water partition coefficient (Wildman–Crippen LogP) is 2.30. The third-order valence-corrected chi connectivity index (χ3v) is 4.38. The number of nitrogens with zero attached hydrogens (tertiary/aromatic N) is 2. The molecule has 3 rings (SSSR count). The van der Waals surface area contributed by atoms with Crippen LogP contribution in [-0.2, 0) is 6.42 Å². The zero-order chi connectivity index (χ0) is 16.1. The largest absolute Gasteiger partial charge is 0.454 e. The zero-order valence-corrected chi connectivity index (χ0v) is 13.3. The van der Waals surface area contributed by atoms with Gasteiger partial charge in [-0.2, -0.15) is 5.10 Å². The lowest BCUT2D eigenvalue weighted by Gasteiger charge is -2.19. The molecule has 1 heterocycles. The summed E-state index contributed by atoms with van der Waals surface area (Å²) in [5.74, 6) is 13.9. The van der Waals surface area contributed by atoms with Crippen LogP contribution in [0.4, 0.5) is 5.69 Å². The standard InChI is InChI=1S/C16H18N4O2S/c17-19-16(20(18)13-4-2-1-3-5-13)23-9-8-12-6-7-14-15(10-12)22-11-21-14/h1-7,10H,8-9,11,17-18H2/b19-16+. The fraction of sp³-hybridized carbons (Fsp3) is 0.188. The van der Waals surface area contributed by atoms with Crippen LogP contribution >= 0.6 is 11.8 Å². The first-order valence-corrected chi connectivity index (χ1v) is 8.15. The SMILES string of the molecule is N/N=C(/SCCc1ccc2c(c1)OCO2)N(N)c1ccccc1. The summed E-state index contributed by atoms with van der Waals surface area (Å²) in [6.45, 7) is 0.288. The molecule has 0 aliphatic carbocycles. The molecule has 0 fully saturated rings. The van der Waals surface area contributed by atoms with Gasteiger partial charge in [-0.3, -0.25) is 5.01 Å². The number of hydrazine groups is 1. The van der Waals surface area contributed by atoms with Crippen molar-refractivity contribution in [1.82, 2.24) is 0 Å². The number of ether oxygens (including phenoxy) is 2. The van der Waals surface area contributed by atoms with E-state index in [9.17, 15) is 0 Å². The van der Waals surface area contributed by atoms with Crippen molar-refractivity contribution in [3.63, 3.8) is 0 Å². The maximum Gasteiger partial charge on any atom is 0.231 e. The van der Waals surface area contributed by atoms with Crippen LogP contribution in [0, 0.1) is 0 Å². The Morgan fingerprint density at radius 3 is 2.70 bits per heavy atom. The van der Waals surface area contributed by atoms with Crippen LogP contribution in [0.5, 0.6) is 11.5 Å². The van der Waals surface area contributed by atoms with E-state index in [-0.39, 0.29) is 6.79 Å². The van der Waals surface area contributed by atoms with Gasteiger partial charge in [0.2, 0.25) is 12.0 Å². The van der Waals surface area contributed by atoms with Crippen molar-refractivity contribution in [2.75, 3.05) is 17.6 Å². The lowest BCUT2D eigenvalue weighted by Crippen LogP contribution is -2.36. The van der Waals surface area contributed by atoms with Gasteiger partial charge in [0.1, 0.15) is 0 Å². The Hall–Kier alpha value is -2.38. The Morgan fingerprint density at radius 1 is 1.13 bits per heavy atom. The van der Waals surface area contributed by atoms with Crippen LogP contribution in [0.25, 0.3) is 0 Å². The maximum atomic E-state index is 6.07. The highest BCUT2D eigenvalue weighted by molar-refractivity contribution is 8.14. The fourth-order valence-electron chi connectivity index (χ4n) is 2.22. The molecule has 6 nitrogen and oxygen atoms in total. The van der Waals surface area contributed by atoms with E-state index in [2.05, 4.69) is 5.10 Å². The van der Waals surface area contributed by atoms with E-state index in [1.807, 2.05) is 48.5 Å². The van der Waals surface area contributed by atoms with E-state index >= 15 is 0 Å². The average Bonchev–Trinajstić information content (AvgIpc) is 3.07. The van der Waals surface area contributed by atoms with Crippen molar-refractivity contribution in [2.45, 2.75) is 6.42 Å². The van der Waals surface area contributed by atoms with Gasteiger partial charge in [-0.15, -0.1) is 0 Å². The van der Waals surface area contributed by atoms with Crippen molar-refractivity contribution in [3.05, 3.63) is 54.1 Å². The molecular weight excluding hydrogens is 312 g/mol. The van der Waals surface area contributed by atoms with Crippen LogP contribution in [0.3, 0.4) is 0 Å². The number of fused-ring (bicyclic) bond motifs is 1. The Kier molecular flexibility index (Phi) is 4.89. The number of thioether (sulfide) groups is 1. The van der Waals surface area contributed by atoms with Crippen molar-refractivity contribution in [1.29, 1.82) is 0 Å². The third-order valence-electron chi connectivity index (χ3n) is 3.41. The monoisotopic (exact) mass is 330 g/mol. The first-order valence-electron chi connectivity index (χ1n) is 7.17. The lowest BCUT2D eigenvalue weighted by molar-refractivity contribution is 0.174. The topological polar surface area (TPSA) is 86.1 Å². The normalized spacial score (nSPS) is 13.2. The molecule has 0 aromatic heterocycles. The summed E-state index contributed by atoms with van der Waals surface area (Å²) in [6.07, 6.45) is 0.850. The van der Waals surface area contributed by atoms with Gasteiger partial charge < -0.3 is 15.3 Å². The number of hydrazone groups is 1. The van der Waals surface area contributed by atoms with Crippen LogP contribution < -0.4 is 26.2 Å². The fourth-order valence-corrected chi connectivity index (χ4v) is 3.06. The summed E-state index contributed by atoms with van der Waals surface area (Å²) in [6, 6.07) is 15.5. The first-order chi connectivity index (χ1) is 11.3. The van der Waals surface area contributed by atoms with Gasteiger partial charge in [-0.05, 0) is 36.2 Å². The maximum absolute atomic E-state index is 6.07. The van der Waals surface area contributed by atoms with E-state index in [0.717, 1.165) is 29.4 Å². The summed E-state index contributed by atoms with van der Waals surface area (Å²) in [5.41, 5.74) is 2.01.